The van der Waals surface area contributed by atoms with Crippen molar-refractivity contribution in [1.29, 1.82) is 0 Å². The molecule has 0 aromatic heterocycles. The minimum Gasteiger partial charge on any atom is -0.466 e. The summed E-state index contributed by atoms with van der Waals surface area (Å²) in [4.78, 5) is 11.2. The van der Waals surface area contributed by atoms with Crippen LogP contribution in [0.15, 0.2) is 23.8 Å². The molecule has 1 aliphatic carbocycles. The second-order valence-corrected chi connectivity index (χ2v) is 6.65. The summed E-state index contributed by atoms with van der Waals surface area (Å²) >= 11 is 0. The summed E-state index contributed by atoms with van der Waals surface area (Å²) in [5.74, 6) is -0.431. The zero-order valence-electron chi connectivity index (χ0n) is 13.0. The lowest BCUT2D eigenvalue weighted by molar-refractivity contribution is -0.150. The molecule has 1 heterocycles. The Balaban J connectivity index is 2.30. The van der Waals surface area contributed by atoms with Crippen LogP contribution in [0, 0.1) is 5.41 Å². The molecule has 2 unspecified atom stereocenters. The zero-order valence-corrected chi connectivity index (χ0v) is 13.0. The number of fused-ring (bicyclic) bond motifs is 2. The zero-order chi connectivity index (χ0) is 15.9. The van der Waals surface area contributed by atoms with Crippen molar-refractivity contribution < 1.29 is 24.5 Å². The highest BCUT2D eigenvalue weighted by Crippen LogP contribution is 2.57. The SMILES string of the molecule is COC(=O)/C=C(C)/C=C/[C@@]1(O)C2(C)CC(O)C[C@]1(C)CO2. The fourth-order valence-corrected chi connectivity index (χ4v) is 3.57. The number of hydrogen-bond acceptors (Lipinski definition) is 5. The first-order valence-electron chi connectivity index (χ1n) is 7.16. The van der Waals surface area contributed by atoms with Crippen molar-refractivity contribution in [1.82, 2.24) is 0 Å². The lowest BCUT2D eigenvalue weighted by Crippen LogP contribution is -2.60. The Morgan fingerprint density at radius 2 is 2.05 bits per heavy atom. The summed E-state index contributed by atoms with van der Waals surface area (Å²) in [7, 11) is 1.32. The molecule has 4 atom stereocenters. The van der Waals surface area contributed by atoms with E-state index < -0.39 is 28.7 Å². The molecule has 1 saturated heterocycles. The van der Waals surface area contributed by atoms with Gasteiger partial charge in [-0.05, 0) is 31.9 Å². The highest BCUT2D eigenvalue weighted by molar-refractivity contribution is 5.83. The molecule has 0 aromatic rings. The van der Waals surface area contributed by atoms with Gasteiger partial charge in [-0.2, -0.15) is 0 Å². The van der Waals surface area contributed by atoms with Crippen LogP contribution in [-0.4, -0.2) is 47.2 Å². The van der Waals surface area contributed by atoms with Gasteiger partial charge in [0, 0.05) is 17.9 Å². The van der Waals surface area contributed by atoms with Crippen LogP contribution in [0.4, 0.5) is 0 Å². The monoisotopic (exact) mass is 296 g/mol. The van der Waals surface area contributed by atoms with Gasteiger partial charge in [-0.3, -0.25) is 0 Å². The van der Waals surface area contributed by atoms with E-state index in [0.717, 1.165) is 0 Å². The lowest BCUT2D eigenvalue weighted by atomic mass is 9.59. The number of carbonyl (C=O) groups is 1. The number of aliphatic hydroxyl groups excluding tert-OH is 1. The predicted octanol–water partition coefficient (Wildman–Crippen LogP) is 1.34. The maximum Gasteiger partial charge on any atom is 0.330 e. The van der Waals surface area contributed by atoms with Crippen molar-refractivity contribution >= 4 is 5.97 Å². The van der Waals surface area contributed by atoms with Crippen molar-refractivity contribution in [3.63, 3.8) is 0 Å². The number of ether oxygens (including phenoxy) is 2. The standard InChI is InChI=1S/C16H24O5/c1-11(7-13(18)20-4)5-6-16(19)14(2)8-12(17)9-15(16,3)21-10-14/h5-7,12,17,19H,8-10H2,1-4H3/b6-5+,11-7+/t12?,14-,15?,16+/m1/s1. The second-order valence-electron chi connectivity index (χ2n) is 6.65. The van der Waals surface area contributed by atoms with Crippen LogP contribution >= 0.6 is 0 Å². The van der Waals surface area contributed by atoms with Gasteiger partial charge in [0.2, 0.25) is 0 Å². The van der Waals surface area contributed by atoms with E-state index in [1.54, 1.807) is 19.1 Å². The van der Waals surface area contributed by atoms with E-state index in [0.29, 0.717) is 25.0 Å². The third kappa shape index (κ3) is 2.54. The highest BCUT2D eigenvalue weighted by Gasteiger charge is 2.67. The maximum atomic E-state index is 11.2. The maximum absolute atomic E-state index is 11.2. The highest BCUT2D eigenvalue weighted by atomic mass is 16.5. The van der Waals surface area contributed by atoms with Gasteiger partial charge >= 0.3 is 5.97 Å². The van der Waals surface area contributed by atoms with E-state index in [2.05, 4.69) is 4.74 Å². The number of esters is 1. The smallest absolute Gasteiger partial charge is 0.330 e. The van der Waals surface area contributed by atoms with Gasteiger partial charge in [0.25, 0.3) is 0 Å². The molecular weight excluding hydrogens is 272 g/mol. The summed E-state index contributed by atoms with van der Waals surface area (Å²) < 4.78 is 10.4. The van der Waals surface area contributed by atoms with Crippen molar-refractivity contribution in [3.05, 3.63) is 23.8 Å². The number of rotatable bonds is 3. The molecule has 0 aromatic carbocycles. The van der Waals surface area contributed by atoms with Gasteiger partial charge in [0.1, 0.15) is 11.2 Å². The van der Waals surface area contributed by atoms with Gasteiger partial charge in [0.05, 0.1) is 19.8 Å². The minimum absolute atomic E-state index is 0.392. The molecule has 0 radical (unpaired) electrons. The first-order chi connectivity index (χ1) is 9.66. The van der Waals surface area contributed by atoms with E-state index in [1.807, 2.05) is 13.8 Å². The van der Waals surface area contributed by atoms with E-state index in [4.69, 9.17) is 4.74 Å². The number of hydrogen-bond donors (Lipinski definition) is 2. The van der Waals surface area contributed by atoms with Crippen molar-refractivity contribution in [2.24, 2.45) is 5.41 Å². The summed E-state index contributed by atoms with van der Waals surface area (Å²) in [6.07, 6.45) is 5.18. The first-order valence-corrected chi connectivity index (χ1v) is 7.16. The lowest BCUT2D eigenvalue weighted by Gasteiger charge is -2.49. The van der Waals surface area contributed by atoms with Gasteiger partial charge in [-0.1, -0.05) is 13.0 Å². The average molecular weight is 296 g/mol. The van der Waals surface area contributed by atoms with Crippen LogP contribution in [-0.2, 0) is 14.3 Å². The molecule has 2 N–H and O–H groups in total. The number of allylic oxidation sites excluding steroid dienone is 2. The Hall–Kier alpha value is -1.17. The molecule has 5 nitrogen and oxygen atoms in total. The summed E-state index contributed by atoms with van der Waals surface area (Å²) in [6, 6.07) is 0. The molecule has 2 aliphatic rings. The van der Waals surface area contributed by atoms with E-state index in [-0.39, 0.29) is 0 Å². The Labute approximate surface area is 125 Å². The van der Waals surface area contributed by atoms with Gasteiger partial charge < -0.3 is 19.7 Å². The Bertz CT molecular complexity index is 475. The average Bonchev–Trinajstić information content (AvgIpc) is 2.51. The molecule has 0 spiro atoms. The number of aliphatic hydroxyl groups is 2. The number of methoxy groups -OCH3 is 1. The number of carbonyl (C=O) groups excluding carboxylic acids is 1. The van der Waals surface area contributed by atoms with Crippen molar-refractivity contribution in [2.75, 3.05) is 13.7 Å². The predicted molar refractivity (Wildman–Crippen MR) is 77.6 cm³/mol. The molecular formula is C16H24O5. The Kier molecular flexibility index (Phi) is 4.04. The van der Waals surface area contributed by atoms with Crippen LogP contribution in [0.1, 0.15) is 33.6 Å². The van der Waals surface area contributed by atoms with Gasteiger partial charge in [-0.25, -0.2) is 4.79 Å². The summed E-state index contributed by atoms with van der Waals surface area (Å²) in [5, 5.41) is 21.2. The summed E-state index contributed by atoms with van der Waals surface area (Å²) in [5.41, 5.74) is -1.85. The summed E-state index contributed by atoms with van der Waals surface area (Å²) in [6.45, 7) is 5.91. The van der Waals surface area contributed by atoms with E-state index >= 15 is 0 Å². The molecule has 5 heteroatoms. The fraction of sp³-hybridized carbons (Fsp3) is 0.688. The van der Waals surface area contributed by atoms with Crippen LogP contribution in [0.3, 0.4) is 0 Å². The van der Waals surface area contributed by atoms with Crippen LogP contribution in [0.2, 0.25) is 0 Å². The fourth-order valence-electron chi connectivity index (χ4n) is 3.57. The van der Waals surface area contributed by atoms with Crippen molar-refractivity contribution in [3.8, 4) is 0 Å². The third-order valence-electron chi connectivity index (χ3n) is 4.88. The molecule has 118 valence electrons. The topological polar surface area (TPSA) is 76.0 Å². The molecule has 1 saturated carbocycles. The van der Waals surface area contributed by atoms with Crippen LogP contribution in [0.25, 0.3) is 0 Å². The molecule has 2 bridgehead atoms. The van der Waals surface area contributed by atoms with Gasteiger partial charge in [-0.15, -0.1) is 0 Å². The molecule has 1 aliphatic heterocycles. The molecule has 2 rings (SSSR count). The minimum atomic E-state index is -1.18. The Morgan fingerprint density at radius 3 is 2.62 bits per heavy atom. The molecule has 0 amide bonds. The molecule has 21 heavy (non-hydrogen) atoms. The normalized spacial score (nSPS) is 43.3. The van der Waals surface area contributed by atoms with Crippen LogP contribution < -0.4 is 0 Å². The molecule has 2 fully saturated rings. The Morgan fingerprint density at radius 1 is 1.38 bits per heavy atom. The third-order valence-corrected chi connectivity index (χ3v) is 4.88. The largest absolute Gasteiger partial charge is 0.466 e. The van der Waals surface area contributed by atoms with Gasteiger partial charge in [0.15, 0.2) is 0 Å². The van der Waals surface area contributed by atoms with Crippen LogP contribution in [0.5, 0.6) is 0 Å². The first kappa shape index (κ1) is 16.2. The van der Waals surface area contributed by atoms with E-state index in [1.165, 1.54) is 13.2 Å². The second kappa shape index (κ2) is 5.23. The van der Waals surface area contributed by atoms with E-state index in [9.17, 15) is 15.0 Å². The van der Waals surface area contributed by atoms with Crippen molar-refractivity contribution in [2.45, 2.75) is 50.9 Å². The quantitative estimate of drug-likeness (QED) is 0.467.